The second-order valence-corrected chi connectivity index (χ2v) is 6.82. The average Bonchev–Trinajstić information content (AvgIpc) is 2.56. The minimum absolute atomic E-state index is 0.0299. The van der Waals surface area contributed by atoms with Gasteiger partial charge in [-0.3, -0.25) is 14.4 Å². The molecular formula is C20H23N3O4. The predicted molar refractivity (Wildman–Crippen MR) is 102 cm³/mol. The second-order valence-electron chi connectivity index (χ2n) is 6.82. The number of rotatable bonds is 5. The van der Waals surface area contributed by atoms with Gasteiger partial charge in [0.25, 0.3) is 5.56 Å². The fraction of sp³-hybridized carbons (Fsp3) is 0.350. The van der Waals surface area contributed by atoms with Gasteiger partial charge in [0, 0.05) is 31.4 Å². The first kappa shape index (κ1) is 18.7. The first-order valence-electron chi connectivity index (χ1n) is 8.80. The summed E-state index contributed by atoms with van der Waals surface area (Å²) in [6, 6.07) is 10.5. The van der Waals surface area contributed by atoms with E-state index in [1.807, 2.05) is 25.1 Å². The number of benzene rings is 1. The number of anilines is 1. The lowest BCUT2D eigenvalue weighted by Crippen LogP contribution is -2.56. The molecule has 142 valence electrons. The van der Waals surface area contributed by atoms with Crippen molar-refractivity contribution >= 4 is 17.5 Å². The van der Waals surface area contributed by atoms with Crippen LogP contribution in [0.25, 0.3) is 0 Å². The van der Waals surface area contributed by atoms with Crippen LogP contribution in [0.1, 0.15) is 18.2 Å². The van der Waals surface area contributed by atoms with E-state index in [1.54, 1.807) is 28.6 Å². The standard InChI is InChI=1S/C20H23N3O4/c1-13-8-17(10-19(25)22(13)3)27-18-11-23(12-18)20(26)9-15-4-6-16(7-5-15)21-14(2)24/h4-8,10,18H,9,11-12H2,1-3H3,(H,21,24). The second kappa shape index (κ2) is 7.65. The third-order valence-electron chi connectivity index (χ3n) is 4.61. The molecular weight excluding hydrogens is 346 g/mol. The average molecular weight is 369 g/mol. The van der Waals surface area contributed by atoms with E-state index in [1.165, 1.54) is 13.0 Å². The highest BCUT2D eigenvalue weighted by Gasteiger charge is 2.32. The number of nitrogens with zero attached hydrogens (tertiary/aromatic N) is 2. The van der Waals surface area contributed by atoms with E-state index in [0.29, 0.717) is 30.9 Å². The summed E-state index contributed by atoms with van der Waals surface area (Å²) in [5, 5.41) is 2.70. The van der Waals surface area contributed by atoms with E-state index >= 15 is 0 Å². The van der Waals surface area contributed by atoms with E-state index in [9.17, 15) is 14.4 Å². The van der Waals surface area contributed by atoms with Crippen molar-refractivity contribution in [3.63, 3.8) is 0 Å². The van der Waals surface area contributed by atoms with Crippen LogP contribution in [0.3, 0.4) is 0 Å². The van der Waals surface area contributed by atoms with Crippen molar-refractivity contribution in [2.45, 2.75) is 26.4 Å². The molecule has 27 heavy (non-hydrogen) atoms. The summed E-state index contributed by atoms with van der Waals surface area (Å²) in [4.78, 5) is 36.9. The normalized spacial score (nSPS) is 13.8. The Balaban J connectivity index is 1.50. The first-order valence-corrected chi connectivity index (χ1v) is 8.80. The van der Waals surface area contributed by atoms with Gasteiger partial charge in [-0.2, -0.15) is 0 Å². The van der Waals surface area contributed by atoms with E-state index in [0.717, 1.165) is 11.3 Å². The van der Waals surface area contributed by atoms with Gasteiger partial charge >= 0.3 is 0 Å². The Morgan fingerprint density at radius 2 is 1.85 bits per heavy atom. The molecule has 2 aromatic rings. The third-order valence-corrected chi connectivity index (χ3v) is 4.61. The number of hydrogen-bond acceptors (Lipinski definition) is 4. The van der Waals surface area contributed by atoms with Crippen molar-refractivity contribution in [3.05, 3.63) is 58.0 Å². The summed E-state index contributed by atoms with van der Waals surface area (Å²) in [5.41, 5.74) is 2.31. The minimum atomic E-state index is -0.128. The molecule has 7 heteroatoms. The number of ether oxygens (including phenoxy) is 1. The van der Waals surface area contributed by atoms with Crippen LogP contribution in [-0.4, -0.2) is 40.5 Å². The Bertz CT molecular complexity index is 912. The van der Waals surface area contributed by atoms with Crippen LogP contribution in [0.4, 0.5) is 5.69 Å². The zero-order valence-electron chi connectivity index (χ0n) is 15.7. The molecule has 0 aliphatic carbocycles. The van der Waals surface area contributed by atoms with Crippen LogP contribution in [0.5, 0.6) is 5.75 Å². The fourth-order valence-electron chi connectivity index (χ4n) is 2.91. The van der Waals surface area contributed by atoms with Crippen LogP contribution in [-0.2, 0) is 23.1 Å². The van der Waals surface area contributed by atoms with E-state index in [4.69, 9.17) is 4.74 Å². The molecule has 0 atom stereocenters. The number of hydrogen-bond donors (Lipinski definition) is 1. The summed E-state index contributed by atoms with van der Waals surface area (Å²) < 4.78 is 7.36. The van der Waals surface area contributed by atoms with E-state index in [-0.39, 0.29) is 23.5 Å². The molecule has 1 fully saturated rings. The van der Waals surface area contributed by atoms with Gasteiger partial charge < -0.3 is 19.5 Å². The Morgan fingerprint density at radius 3 is 2.44 bits per heavy atom. The monoisotopic (exact) mass is 369 g/mol. The molecule has 0 saturated carbocycles. The molecule has 1 saturated heterocycles. The third kappa shape index (κ3) is 4.55. The van der Waals surface area contributed by atoms with Crippen molar-refractivity contribution < 1.29 is 14.3 Å². The highest BCUT2D eigenvalue weighted by Crippen LogP contribution is 2.19. The maximum Gasteiger partial charge on any atom is 0.254 e. The Hall–Kier alpha value is -3.09. The molecule has 0 unspecified atom stereocenters. The number of pyridine rings is 1. The lowest BCUT2D eigenvalue weighted by atomic mass is 10.1. The maximum absolute atomic E-state index is 12.4. The van der Waals surface area contributed by atoms with Gasteiger partial charge in [0.15, 0.2) is 0 Å². The van der Waals surface area contributed by atoms with Crippen molar-refractivity contribution in [1.82, 2.24) is 9.47 Å². The molecule has 1 aliphatic rings. The quantitative estimate of drug-likeness (QED) is 0.866. The Morgan fingerprint density at radius 1 is 1.19 bits per heavy atom. The Kier molecular flexibility index (Phi) is 5.30. The summed E-state index contributed by atoms with van der Waals surface area (Å²) in [7, 11) is 1.72. The number of likely N-dealkylation sites (tertiary alicyclic amines) is 1. The van der Waals surface area contributed by atoms with Crippen LogP contribution >= 0.6 is 0 Å². The number of aryl methyl sites for hydroxylation is 1. The molecule has 2 heterocycles. The van der Waals surface area contributed by atoms with Crippen LogP contribution in [0.2, 0.25) is 0 Å². The summed E-state index contributed by atoms with van der Waals surface area (Å²) >= 11 is 0. The molecule has 0 spiro atoms. The molecule has 1 N–H and O–H groups in total. The molecule has 1 aliphatic heterocycles. The lowest BCUT2D eigenvalue weighted by molar-refractivity contribution is -0.139. The smallest absolute Gasteiger partial charge is 0.254 e. The highest BCUT2D eigenvalue weighted by molar-refractivity contribution is 5.88. The number of carbonyl (C=O) groups excluding carboxylic acids is 2. The van der Waals surface area contributed by atoms with Gasteiger partial charge in [-0.25, -0.2) is 0 Å². The molecule has 1 aromatic carbocycles. The zero-order valence-corrected chi connectivity index (χ0v) is 15.7. The topological polar surface area (TPSA) is 80.6 Å². The van der Waals surface area contributed by atoms with Crippen molar-refractivity contribution in [3.8, 4) is 5.75 Å². The lowest BCUT2D eigenvalue weighted by Gasteiger charge is -2.39. The van der Waals surface area contributed by atoms with Crippen LogP contribution < -0.4 is 15.6 Å². The SMILES string of the molecule is CC(=O)Nc1ccc(CC(=O)N2CC(Oc3cc(C)n(C)c(=O)c3)C2)cc1. The predicted octanol–water partition coefficient (Wildman–Crippen LogP) is 1.48. The van der Waals surface area contributed by atoms with Gasteiger partial charge in [0.1, 0.15) is 11.9 Å². The van der Waals surface area contributed by atoms with Crippen molar-refractivity contribution in [2.24, 2.45) is 7.05 Å². The first-order chi connectivity index (χ1) is 12.8. The van der Waals surface area contributed by atoms with E-state index in [2.05, 4.69) is 5.32 Å². The number of amides is 2. The Labute approximate surface area is 157 Å². The van der Waals surface area contributed by atoms with Gasteiger partial charge in [-0.1, -0.05) is 12.1 Å². The van der Waals surface area contributed by atoms with Gasteiger partial charge in [0.05, 0.1) is 19.5 Å². The largest absolute Gasteiger partial charge is 0.486 e. The number of nitrogens with one attached hydrogen (secondary N) is 1. The summed E-state index contributed by atoms with van der Waals surface area (Å²) in [6.07, 6.45) is 0.209. The minimum Gasteiger partial charge on any atom is -0.486 e. The molecule has 7 nitrogen and oxygen atoms in total. The maximum atomic E-state index is 12.4. The number of carbonyl (C=O) groups is 2. The molecule has 1 aromatic heterocycles. The van der Waals surface area contributed by atoms with Gasteiger partial charge in [0.2, 0.25) is 11.8 Å². The highest BCUT2D eigenvalue weighted by atomic mass is 16.5. The molecule has 3 rings (SSSR count). The van der Waals surface area contributed by atoms with Crippen molar-refractivity contribution in [2.75, 3.05) is 18.4 Å². The number of aromatic nitrogens is 1. The van der Waals surface area contributed by atoms with Crippen molar-refractivity contribution in [1.29, 1.82) is 0 Å². The summed E-state index contributed by atoms with van der Waals surface area (Å²) in [6.45, 7) is 4.32. The summed E-state index contributed by atoms with van der Waals surface area (Å²) in [5.74, 6) is 0.445. The zero-order chi connectivity index (χ0) is 19.6. The fourth-order valence-corrected chi connectivity index (χ4v) is 2.91. The molecule has 0 radical (unpaired) electrons. The molecule has 2 amide bonds. The van der Waals surface area contributed by atoms with E-state index < -0.39 is 0 Å². The van der Waals surface area contributed by atoms with Crippen LogP contribution in [0.15, 0.2) is 41.2 Å². The van der Waals surface area contributed by atoms with Crippen LogP contribution in [0, 0.1) is 6.92 Å². The molecule has 0 bridgehead atoms. The van der Waals surface area contributed by atoms with Gasteiger partial charge in [-0.15, -0.1) is 0 Å². The van der Waals surface area contributed by atoms with Gasteiger partial charge in [-0.05, 0) is 30.7 Å².